The molecule has 1 aromatic carbocycles. The molecule has 210 valence electrons. The van der Waals surface area contributed by atoms with E-state index in [1.54, 1.807) is 0 Å². The quantitative estimate of drug-likeness (QED) is 0.314. The Kier molecular flexibility index (Phi) is 8.90. The van der Waals surface area contributed by atoms with E-state index >= 15 is 0 Å². The van der Waals surface area contributed by atoms with Gasteiger partial charge in [-0.05, 0) is 86.9 Å². The Balaban J connectivity index is 0.000000207. The summed E-state index contributed by atoms with van der Waals surface area (Å²) >= 11 is 0. The molecule has 2 aliphatic carbocycles. The van der Waals surface area contributed by atoms with Crippen LogP contribution < -0.4 is 16.2 Å². The first kappa shape index (κ1) is 28.0. The Bertz CT molecular complexity index is 1440. The second kappa shape index (κ2) is 12.7. The van der Waals surface area contributed by atoms with Crippen molar-refractivity contribution in [2.75, 3.05) is 19.0 Å². The Morgan fingerprint density at radius 3 is 2.02 bits per heavy atom. The summed E-state index contributed by atoms with van der Waals surface area (Å²) in [5.74, 6) is 1.84. The molecular formula is C33H42N6O. The largest absolute Gasteiger partial charge is 0.378 e. The zero-order chi connectivity index (χ0) is 28.1. The van der Waals surface area contributed by atoms with Crippen LogP contribution in [0.15, 0.2) is 71.8 Å². The standard InChI is InChI=1S/C22H26N4O.C11H16N2/c1-15-24-19-12-11-17(25(2)3)14-18(19)22(27)26(15)21(16-8-4-5-9-16)20-10-6-7-13-23-20;12-11(9-5-1-2-6-9)10-7-3-4-8-13-10/h6-7,10-14,16,21H,4-5,8-9H2,1-3H3;3-4,7-9,11H,1-2,5-6,12H2. The van der Waals surface area contributed by atoms with Crippen LogP contribution >= 0.6 is 0 Å². The Morgan fingerprint density at radius 1 is 0.850 bits per heavy atom. The number of nitrogens with two attached hydrogens (primary N) is 1. The van der Waals surface area contributed by atoms with Crippen molar-refractivity contribution in [1.29, 1.82) is 0 Å². The van der Waals surface area contributed by atoms with Crippen LogP contribution in [0.1, 0.15) is 80.7 Å². The maximum Gasteiger partial charge on any atom is 0.262 e. The average Bonchev–Trinajstić information content (AvgIpc) is 3.71. The van der Waals surface area contributed by atoms with E-state index in [1.807, 2.05) is 97.5 Å². The molecule has 2 aliphatic rings. The lowest BCUT2D eigenvalue weighted by molar-refractivity contribution is 0.363. The molecule has 2 atom stereocenters. The first-order chi connectivity index (χ1) is 19.4. The molecule has 7 nitrogen and oxygen atoms in total. The third-order valence-electron chi connectivity index (χ3n) is 8.63. The maximum atomic E-state index is 13.6. The summed E-state index contributed by atoms with van der Waals surface area (Å²) in [7, 11) is 3.97. The number of pyridine rings is 2. The molecule has 2 fully saturated rings. The fourth-order valence-electron chi connectivity index (χ4n) is 6.44. The number of hydrogen-bond acceptors (Lipinski definition) is 6. The van der Waals surface area contributed by atoms with Crippen LogP contribution in [0, 0.1) is 18.8 Å². The zero-order valence-corrected chi connectivity index (χ0v) is 24.0. The summed E-state index contributed by atoms with van der Waals surface area (Å²) in [5.41, 5.74) is 9.94. The molecule has 0 saturated heterocycles. The van der Waals surface area contributed by atoms with Gasteiger partial charge in [0, 0.05) is 38.2 Å². The third-order valence-corrected chi connectivity index (χ3v) is 8.63. The van der Waals surface area contributed by atoms with E-state index in [0.717, 1.165) is 41.3 Å². The molecule has 6 rings (SSSR count). The monoisotopic (exact) mass is 538 g/mol. The summed E-state index contributed by atoms with van der Waals surface area (Å²) in [6, 6.07) is 17.9. The number of nitrogens with zero attached hydrogens (tertiary/aromatic N) is 5. The predicted molar refractivity (Wildman–Crippen MR) is 163 cm³/mol. The molecule has 0 amide bonds. The van der Waals surface area contributed by atoms with Gasteiger partial charge in [0.15, 0.2) is 0 Å². The van der Waals surface area contributed by atoms with Crippen molar-refractivity contribution < 1.29 is 0 Å². The molecule has 4 aromatic rings. The fourth-order valence-corrected chi connectivity index (χ4v) is 6.44. The van der Waals surface area contributed by atoms with Crippen molar-refractivity contribution in [1.82, 2.24) is 19.5 Å². The smallest absolute Gasteiger partial charge is 0.262 e. The Hall–Kier alpha value is -3.58. The van der Waals surface area contributed by atoms with E-state index in [-0.39, 0.29) is 17.6 Å². The van der Waals surface area contributed by atoms with Crippen molar-refractivity contribution in [2.24, 2.45) is 17.6 Å². The molecule has 3 heterocycles. The van der Waals surface area contributed by atoms with Gasteiger partial charge in [-0.3, -0.25) is 19.3 Å². The van der Waals surface area contributed by atoms with Gasteiger partial charge >= 0.3 is 0 Å². The van der Waals surface area contributed by atoms with E-state index in [2.05, 4.69) is 9.97 Å². The molecule has 2 saturated carbocycles. The summed E-state index contributed by atoms with van der Waals surface area (Å²) in [5, 5.41) is 0.672. The highest BCUT2D eigenvalue weighted by atomic mass is 16.1. The molecule has 3 aromatic heterocycles. The van der Waals surface area contributed by atoms with Gasteiger partial charge in [0.2, 0.25) is 0 Å². The molecule has 2 N–H and O–H groups in total. The van der Waals surface area contributed by atoms with Crippen LogP contribution in [0.2, 0.25) is 0 Å². The number of anilines is 1. The topological polar surface area (TPSA) is 89.9 Å². The molecule has 2 unspecified atom stereocenters. The molecule has 40 heavy (non-hydrogen) atoms. The SMILES string of the molecule is Cc1nc2ccc(N(C)C)cc2c(=O)n1C(c1ccccn1)C1CCCC1.NC(c1ccccn1)C1CCCC1. The van der Waals surface area contributed by atoms with Crippen molar-refractivity contribution in [3.8, 4) is 0 Å². The molecule has 0 bridgehead atoms. The number of fused-ring (bicyclic) bond motifs is 1. The highest BCUT2D eigenvalue weighted by molar-refractivity contribution is 5.81. The highest BCUT2D eigenvalue weighted by Crippen LogP contribution is 2.38. The van der Waals surface area contributed by atoms with Gasteiger partial charge in [0.05, 0.1) is 28.3 Å². The van der Waals surface area contributed by atoms with Crippen molar-refractivity contribution in [3.63, 3.8) is 0 Å². The molecular weight excluding hydrogens is 496 g/mol. The number of benzene rings is 1. The van der Waals surface area contributed by atoms with Crippen LogP contribution in [0.3, 0.4) is 0 Å². The number of aryl methyl sites for hydroxylation is 1. The molecule has 0 radical (unpaired) electrons. The Morgan fingerprint density at radius 2 is 1.45 bits per heavy atom. The van der Waals surface area contributed by atoms with Crippen LogP contribution in [0.4, 0.5) is 5.69 Å². The van der Waals surface area contributed by atoms with Crippen LogP contribution in [-0.4, -0.2) is 33.6 Å². The maximum absolute atomic E-state index is 13.6. The van der Waals surface area contributed by atoms with Crippen molar-refractivity contribution in [2.45, 2.75) is 70.4 Å². The first-order valence-corrected chi connectivity index (χ1v) is 14.7. The molecule has 0 spiro atoms. The van der Waals surface area contributed by atoms with Gasteiger partial charge in [-0.1, -0.05) is 37.8 Å². The second-order valence-corrected chi connectivity index (χ2v) is 11.5. The number of rotatable bonds is 6. The summed E-state index contributed by atoms with van der Waals surface area (Å²) in [6.45, 7) is 1.94. The van der Waals surface area contributed by atoms with Crippen LogP contribution in [-0.2, 0) is 0 Å². The summed E-state index contributed by atoms with van der Waals surface area (Å²) < 4.78 is 1.89. The van der Waals surface area contributed by atoms with Gasteiger partial charge in [-0.15, -0.1) is 0 Å². The summed E-state index contributed by atoms with van der Waals surface area (Å²) in [6.07, 6.45) is 13.6. The second-order valence-electron chi connectivity index (χ2n) is 11.5. The molecule has 0 aliphatic heterocycles. The average molecular weight is 539 g/mol. The van der Waals surface area contributed by atoms with Gasteiger partial charge in [0.1, 0.15) is 5.82 Å². The fraction of sp³-hybridized carbons (Fsp3) is 0.455. The zero-order valence-electron chi connectivity index (χ0n) is 24.0. The van der Waals surface area contributed by atoms with Crippen molar-refractivity contribution >= 4 is 16.6 Å². The van der Waals surface area contributed by atoms with E-state index in [0.29, 0.717) is 17.2 Å². The van der Waals surface area contributed by atoms with Crippen molar-refractivity contribution in [3.05, 3.63) is 94.6 Å². The Labute approximate surface area is 237 Å². The van der Waals surface area contributed by atoms with Crippen LogP contribution in [0.25, 0.3) is 10.9 Å². The van der Waals surface area contributed by atoms with E-state index in [4.69, 9.17) is 10.7 Å². The van der Waals surface area contributed by atoms with E-state index in [1.165, 1.54) is 38.5 Å². The van der Waals surface area contributed by atoms with Crippen LogP contribution in [0.5, 0.6) is 0 Å². The minimum absolute atomic E-state index is 0.0313. The van der Waals surface area contributed by atoms with E-state index in [9.17, 15) is 4.79 Å². The molecule has 7 heteroatoms. The number of aromatic nitrogens is 4. The number of hydrogen-bond donors (Lipinski definition) is 1. The first-order valence-electron chi connectivity index (χ1n) is 14.7. The van der Waals surface area contributed by atoms with Gasteiger partial charge in [0.25, 0.3) is 5.56 Å². The minimum Gasteiger partial charge on any atom is -0.378 e. The lowest BCUT2D eigenvalue weighted by Crippen LogP contribution is -2.33. The normalized spacial score (nSPS) is 17.4. The lowest BCUT2D eigenvalue weighted by Gasteiger charge is -2.27. The highest BCUT2D eigenvalue weighted by Gasteiger charge is 2.31. The predicted octanol–water partition coefficient (Wildman–Crippen LogP) is 6.22. The minimum atomic E-state index is -0.0545. The van der Waals surface area contributed by atoms with E-state index < -0.39 is 0 Å². The van der Waals surface area contributed by atoms with Gasteiger partial charge in [-0.2, -0.15) is 0 Å². The van der Waals surface area contributed by atoms with Gasteiger partial charge < -0.3 is 10.6 Å². The van der Waals surface area contributed by atoms with Gasteiger partial charge in [-0.25, -0.2) is 4.98 Å². The third kappa shape index (κ3) is 6.09. The lowest BCUT2D eigenvalue weighted by atomic mass is 9.94. The summed E-state index contributed by atoms with van der Waals surface area (Å²) in [4.78, 5) is 29.3.